The molecule has 3 aromatic rings. The van der Waals surface area contributed by atoms with Crippen LogP contribution in [-0.4, -0.2) is 51.7 Å². The molecule has 2 heterocycles. The van der Waals surface area contributed by atoms with Crippen LogP contribution in [0.2, 0.25) is 10.0 Å². The fraction of sp³-hybridized carbons (Fsp3) is 0.176. The minimum absolute atomic E-state index is 0.171. The Hall–Kier alpha value is -3.07. The van der Waals surface area contributed by atoms with Crippen molar-refractivity contribution in [2.24, 2.45) is 0 Å². The van der Waals surface area contributed by atoms with Gasteiger partial charge in [0.25, 0.3) is 12.0 Å². The number of alkyl halides is 2. The fourth-order valence-electron chi connectivity index (χ4n) is 2.47. The van der Waals surface area contributed by atoms with Gasteiger partial charge in [-0.15, -0.1) is 0 Å². The molecule has 2 aromatic heterocycles. The Balaban J connectivity index is 2.05. The molecule has 3 rings (SSSR count). The van der Waals surface area contributed by atoms with Crippen molar-refractivity contribution in [2.75, 3.05) is 14.1 Å². The van der Waals surface area contributed by atoms with Gasteiger partial charge in [0.15, 0.2) is 17.2 Å². The summed E-state index contributed by atoms with van der Waals surface area (Å²) in [4.78, 5) is 28.5. The first-order valence-corrected chi connectivity index (χ1v) is 10.8. The molecule has 11 nitrogen and oxygen atoms in total. The molecule has 0 amide bonds. The number of nitrogens with one attached hydrogen (secondary N) is 1. The van der Waals surface area contributed by atoms with Crippen molar-refractivity contribution in [3.63, 3.8) is 0 Å². The number of sulfonamides is 1. The summed E-state index contributed by atoms with van der Waals surface area (Å²) in [6, 6.07) is 3.11. The van der Waals surface area contributed by atoms with Crippen LogP contribution in [0.5, 0.6) is 17.4 Å². The smallest absolute Gasteiger partial charge is 0.349 e. The minimum atomic E-state index is -4.04. The summed E-state index contributed by atoms with van der Waals surface area (Å²) in [5.41, 5.74) is -3.82. The highest BCUT2D eigenvalue weighted by molar-refractivity contribution is 7.89. The molecule has 176 valence electrons. The highest BCUT2D eigenvalue weighted by atomic mass is 35.5. The van der Waals surface area contributed by atoms with Gasteiger partial charge in [-0.05, 0) is 12.1 Å². The zero-order valence-electron chi connectivity index (χ0n) is 16.6. The maximum atomic E-state index is 13.0. The quantitative estimate of drug-likeness (QED) is 0.500. The van der Waals surface area contributed by atoms with Gasteiger partial charge in [0.1, 0.15) is 4.90 Å². The number of aromatic nitrogens is 4. The Morgan fingerprint density at radius 2 is 1.79 bits per heavy atom. The van der Waals surface area contributed by atoms with E-state index in [1.165, 1.54) is 14.1 Å². The van der Waals surface area contributed by atoms with Gasteiger partial charge in [-0.1, -0.05) is 23.2 Å². The van der Waals surface area contributed by atoms with Crippen LogP contribution in [0.15, 0.2) is 38.9 Å². The molecule has 0 saturated carbocycles. The number of H-pyrrole nitrogens is 1. The van der Waals surface area contributed by atoms with E-state index in [0.29, 0.717) is 4.68 Å². The van der Waals surface area contributed by atoms with Gasteiger partial charge in [0.05, 0.1) is 21.9 Å². The number of hydrogen-bond acceptors (Lipinski definition) is 8. The van der Waals surface area contributed by atoms with Crippen LogP contribution < -0.4 is 16.0 Å². The third kappa shape index (κ3) is 4.83. The molecule has 33 heavy (non-hydrogen) atoms. The van der Waals surface area contributed by atoms with Gasteiger partial charge in [-0.2, -0.15) is 9.78 Å². The normalized spacial score (nSPS) is 11.9. The Labute approximate surface area is 193 Å². The number of nitrogens with zero attached hydrogens (tertiary/aromatic N) is 4. The number of halogens is 4. The second-order valence-corrected chi connectivity index (χ2v) is 9.41. The summed E-state index contributed by atoms with van der Waals surface area (Å²) < 4.78 is 57.4. The lowest BCUT2D eigenvalue weighted by Gasteiger charge is -2.15. The van der Waals surface area contributed by atoms with Crippen LogP contribution in [0, 0.1) is 0 Å². The van der Waals surface area contributed by atoms with E-state index in [1.54, 1.807) is 4.98 Å². The fourth-order valence-corrected chi connectivity index (χ4v) is 3.98. The highest BCUT2D eigenvalue weighted by Crippen LogP contribution is 2.38. The topological polar surface area (TPSA) is 147 Å². The maximum absolute atomic E-state index is 13.0. The van der Waals surface area contributed by atoms with E-state index >= 15 is 0 Å². The average Bonchev–Trinajstić information content (AvgIpc) is 2.71. The van der Waals surface area contributed by atoms with Crippen molar-refractivity contribution in [3.05, 3.63) is 61.0 Å². The summed E-state index contributed by atoms with van der Waals surface area (Å²) in [6.07, 6.45) is -2.40. The molecule has 1 aromatic carbocycles. The van der Waals surface area contributed by atoms with Crippen molar-refractivity contribution in [3.8, 4) is 23.1 Å². The first-order chi connectivity index (χ1) is 15.3. The molecule has 2 N–H and O–H groups in total. The first-order valence-electron chi connectivity index (χ1n) is 8.63. The summed E-state index contributed by atoms with van der Waals surface area (Å²) in [5, 5.41) is 12.7. The van der Waals surface area contributed by atoms with Gasteiger partial charge in [-0.3, -0.25) is 9.78 Å². The Bertz CT molecular complexity index is 1440. The Morgan fingerprint density at radius 3 is 2.33 bits per heavy atom. The van der Waals surface area contributed by atoms with Crippen molar-refractivity contribution < 1.29 is 27.0 Å². The van der Waals surface area contributed by atoms with Crippen LogP contribution in [0.25, 0.3) is 5.69 Å². The van der Waals surface area contributed by atoms with E-state index in [9.17, 15) is 31.9 Å². The second kappa shape index (κ2) is 9.05. The minimum Gasteiger partial charge on any atom is -0.505 e. The van der Waals surface area contributed by atoms with E-state index < -0.39 is 44.0 Å². The van der Waals surface area contributed by atoms with Crippen LogP contribution in [0.4, 0.5) is 8.78 Å². The number of hydrogen-bond donors (Lipinski definition) is 2. The largest absolute Gasteiger partial charge is 0.505 e. The van der Waals surface area contributed by atoms with E-state index in [-0.39, 0.29) is 27.4 Å². The molecule has 0 unspecified atom stereocenters. The molecule has 0 saturated heterocycles. The van der Waals surface area contributed by atoms with Gasteiger partial charge in [0.2, 0.25) is 15.9 Å². The third-order valence-corrected chi connectivity index (χ3v) is 6.48. The van der Waals surface area contributed by atoms with Crippen molar-refractivity contribution in [1.82, 2.24) is 24.1 Å². The van der Waals surface area contributed by atoms with Crippen molar-refractivity contribution in [1.29, 1.82) is 0 Å². The molecule has 0 atom stereocenters. The molecule has 0 aliphatic rings. The number of ether oxygens (including phenoxy) is 1. The summed E-state index contributed by atoms with van der Waals surface area (Å²) >= 11 is 12.3. The van der Waals surface area contributed by atoms with Crippen LogP contribution in [-0.2, 0) is 10.0 Å². The van der Waals surface area contributed by atoms with E-state index in [4.69, 9.17) is 27.9 Å². The number of aromatic hydroxyl groups is 1. The monoisotopic (exact) mass is 523 g/mol. The molecular formula is C17H13Cl2F2N5O6S. The highest BCUT2D eigenvalue weighted by Gasteiger charge is 2.24. The predicted octanol–water partition coefficient (Wildman–Crippen LogP) is 2.31. The Kier molecular flexibility index (Phi) is 6.74. The summed E-state index contributed by atoms with van der Waals surface area (Å²) in [6.45, 7) is 0. The van der Waals surface area contributed by atoms with Crippen molar-refractivity contribution >= 4 is 33.2 Å². The van der Waals surface area contributed by atoms with Gasteiger partial charge < -0.3 is 9.84 Å². The van der Waals surface area contributed by atoms with Crippen LogP contribution in [0.1, 0.15) is 12.1 Å². The first kappa shape index (κ1) is 24.6. The number of aromatic amines is 1. The number of benzene rings is 1. The zero-order valence-corrected chi connectivity index (χ0v) is 18.9. The lowest BCUT2D eigenvalue weighted by atomic mass is 10.3. The Morgan fingerprint density at radius 1 is 1.18 bits per heavy atom. The standard InChI is InChI=1S/C17H13Cl2F2N5O6S/c1-25(2)33(30,31)11-5-12(22-6-10(11)27)32-14-8(18)3-7(4-9(14)19)26-17(29)23-16(28)13(24-26)15(20)21/h3-6,15,27H,1-2H3,(H,23,28,29). The predicted molar refractivity (Wildman–Crippen MR) is 112 cm³/mol. The SMILES string of the molecule is CN(C)S(=O)(=O)c1cc(Oc2c(Cl)cc(-n3nc(C(F)F)c(=O)[nH]c3=O)cc2Cl)ncc1O. The molecule has 0 fully saturated rings. The lowest BCUT2D eigenvalue weighted by molar-refractivity contribution is 0.141. The second-order valence-electron chi connectivity index (χ2n) is 6.48. The average molecular weight is 524 g/mol. The van der Waals surface area contributed by atoms with Gasteiger partial charge in [0, 0.05) is 20.2 Å². The van der Waals surface area contributed by atoms with Crippen LogP contribution >= 0.6 is 23.2 Å². The molecule has 0 aliphatic heterocycles. The maximum Gasteiger partial charge on any atom is 0.349 e. The molecule has 0 radical (unpaired) electrons. The molecular weight excluding hydrogens is 511 g/mol. The van der Waals surface area contributed by atoms with Gasteiger partial charge in [-0.25, -0.2) is 31.3 Å². The summed E-state index contributed by atoms with van der Waals surface area (Å²) in [5.74, 6) is -1.15. The number of rotatable bonds is 6. The lowest BCUT2D eigenvalue weighted by Crippen LogP contribution is -2.34. The molecule has 0 bridgehead atoms. The van der Waals surface area contributed by atoms with E-state index in [2.05, 4.69) is 10.1 Å². The number of pyridine rings is 1. The van der Waals surface area contributed by atoms with Crippen molar-refractivity contribution in [2.45, 2.75) is 11.3 Å². The van der Waals surface area contributed by atoms with Crippen LogP contribution in [0.3, 0.4) is 0 Å². The van der Waals surface area contributed by atoms with Gasteiger partial charge >= 0.3 is 5.69 Å². The van der Waals surface area contributed by atoms with E-state index in [0.717, 1.165) is 28.7 Å². The van der Waals surface area contributed by atoms with E-state index in [1.807, 2.05) is 0 Å². The molecule has 0 aliphatic carbocycles. The zero-order chi connectivity index (χ0) is 24.7. The molecule has 0 spiro atoms. The third-order valence-electron chi connectivity index (χ3n) is 4.07. The molecule has 16 heteroatoms. The summed E-state index contributed by atoms with van der Waals surface area (Å²) in [7, 11) is -1.53.